The number of rotatable bonds is 5. The second-order valence-corrected chi connectivity index (χ2v) is 4.21. The van der Waals surface area contributed by atoms with Crippen molar-refractivity contribution in [1.29, 1.82) is 0 Å². The first kappa shape index (κ1) is 14.6. The van der Waals surface area contributed by atoms with E-state index < -0.39 is 11.3 Å². The van der Waals surface area contributed by atoms with E-state index in [0.717, 1.165) is 17.9 Å². The number of amides is 1. The van der Waals surface area contributed by atoms with Crippen LogP contribution in [0.3, 0.4) is 0 Å². The molecule has 21 heavy (non-hydrogen) atoms. The molecule has 0 aliphatic heterocycles. The van der Waals surface area contributed by atoms with Crippen LogP contribution in [0.1, 0.15) is 16.1 Å². The third-order valence-electron chi connectivity index (χ3n) is 2.83. The first-order valence-electron chi connectivity index (χ1n) is 6.22. The van der Waals surface area contributed by atoms with E-state index in [1.807, 2.05) is 24.3 Å². The fourth-order valence-corrected chi connectivity index (χ4v) is 1.72. The normalized spacial score (nSPS) is 10.0. The summed E-state index contributed by atoms with van der Waals surface area (Å²) in [5.41, 5.74) is 0.467. The number of hydrogen-bond donors (Lipinski definition) is 1. The topological polar surface area (TPSA) is 77.8 Å². The smallest absolute Gasteiger partial charge is 0.287 e. The number of ether oxygens (including phenoxy) is 2. The summed E-state index contributed by atoms with van der Waals surface area (Å²) in [6, 6.07) is 8.40. The molecule has 2 aromatic rings. The fraction of sp³-hybridized carbons (Fsp3) is 0.200. The van der Waals surface area contributed by atoms with Gasteiger partial charge in [0.05, 0.1) is 14.2 Å². The summed E-state index contributed by atoms with van der Waals surface area (Å²) in [4.78, 5) is 23.5. The molecule has 0 saturated carbocycles. The third-order valence-corrected chi connectivity index (χ3v) is 2.83. The summed E-state index contributed by atoms with van der Waals surface area (Å²) >= 11 is 0. The largest absolute Gasteiger partial charge is 0.497 e. The first-order valence-corrected chi connectivity index (χ1v) is 6.22. The highest BCUT2D eigenvalue weighted by molar-refractivity contribution is 5.91. The Balaban J connectivity index is 2.04. The Kier molecular flexibility index (Phi) is 4.61. The van der Waals surface area contributed by atoms with E-state index in [-0.39, 0.29) is 11.5 Å². The van der Waals surface area contributed by atoms with Crippen molar-refractivity contribution in [2.45, 2.75) is 6.54 Å². The van der Waals surface area contributed by atoms with E-state index in [1.165, 1.54) is 7.11 Å². The van der Waals surface area contributed by atoms with Crippen LogP contribution in [0, 0.1) is 0 Å². The minimum absolute atomic E-state index is 0.0549. The molecule has 0 aliphatic carbocycles. The van der Waals surface area contributed by atoms with E-state index in [2.05, 4.69) is 5.32 Å². The van der Waals surface area contributed by atoms with E-state index in [1.54, 1.807) is 7.11 Å². The molecule has 0 unspecified atom stereocenters. The van der Waals surface area contributed by atoms with Gasteiger partial charge < -0.3 is 19.2 Å². The van der Waals surface area contributed by atoms with Gasteiger partial charge in [-0.3, -0.25) is 9.59 Å². The van der Waals surface area contributed by atoms with Gasteiger partial charge in [0.25, 0.3) is 5.91 Å². The Hall–Kier alpha value is -2.76. The SMILES string of the molecule is COc1cccc(CNC(=O)c2cc(=O)c(OC)co2)c1. The van der Waals surface area contributed by atoms with Gasteiger partial charge in [-0.1, -0.05) is 12.1 Å². The molecule has 6 nitrogen and oxygen atoms in total. The van der Waals surface area contributed by atoms with Gasteiger partial charge in [-0.05, 0) is 17.7 Å². The molecule has 0 fully saturated rings. The summed E-state index contributed by atoms with van der Waals surface area (Å²) in [6.45, 7) is 0.297. The number of nitrogens with one attached hydrogen (secondary N) is 1. The number of methoxy groups -OCH3 is 2. The molecule has 1 heterocycles. The van der Waals surface area contributed by atoms with E-state index in [9.17, 15) is 9.59 Å². The van der Waals surface area contributed by atoms with Crippen molar-refractivity contribution in [1.82, 2.24) is 5.32 Å². The highest BCUT2D eigenvalue weighted by atomic mass is 16.5. The number of carbonyl (C=O) groups is 1. The molecule has 1 aromatic carbocycles. The van der Waals surface area contributed by atoms with Gasteiger partial charge in [0, 0.05) is 12.6 Å². The van der Waals surface area contributed by atoms with Gasteiger partial charge in [-0.25, -0.2) is 0 Å². The molecule has 1 N–H and O–H groups in total. The predicted molar refractivity (Wildman–Crippen MR) is 75.7 cm³/mol. The minimum Gasteiger partial charge on any atom is -0.497 e. The summed E-state index contributed by atoms with van der Waals surface area (Å²) in [5, 5.41) is 2.66. The first-order chi connectivity index (χ1) is 10.1. The Morgan fingerprint density at radius 1 is 1.24 bits per heavy atom. The summed E-state index contributed by atoms with van der Waals surface area (Å²) < 4.78 is 14.9. The van der Waals surface area contributed by atoms with E-state index >= 15 is 0 Å². The lowest BCUT2D eigenvalue weighted by molar-refractivity contribution is 0.0920. The second-order valence-electron chi connectivity index (χ2n) is 4.21. The van der Waals surface area contributed by atoms with Gasteiger partial charge in [0.15, 0.2) is 5.76 Å². The van der Waals surface area contributed by atoms with Crippen molar-refractivity contribution in [3.05, 3.63) is 58.1 Å². The molecule has 1 amide bonds. The van der Waals surface area contributed by atoms with Crippen molar-refractivity contribution in [2.24, 2.45) is 0 Å². The van der Waals surface area contributed by atoms with Crippen LogP contribution in [-0.2, 0) is 6.54 Å². The summed E-state index contributed by atoms with van der Waals surface area (Å²) in [7, 11) is 2.93. The van der Waals surface area contributed by atoms with Crippen LogP contribution in [0.25, 0.3) is 0 Å². The van der Waals surface area contributed by atoms with Crippen LogP contribution in [0.4, 0.5) is 0 Å². The van der Waals surface area contributed by atoms with E-state index in [4.69, 9.17) is 13.9 Å². The van der Waals surface area contributed by atoms with Crippen LogP contribution in [0.2, 0.25) is 0 Å². The number of benzene rings is 1. The monoisotopic (exact) mass is 289 g/mol. The van der Waals surface area contributed by atoms with Crippen molar-refractivity contribution in [3.63, 3.8) is 0 Å². The number of hydrogen-bond acceptors (Lipinski definition) is 5. The zero-order chi connectivity index (χ0) is 15.2. The highest BCUT2D eigenvalue weighted by Crippen LogP contribution is 2.12. The average Bonchev–Trinajstić information content (AvgIpc) is 2.52. The Morgan fingerprint density at radius 3 is 2.71 bits per heavy atom. The maximum absolute atomic E-state index is 11.9. The van der Waals surface area contributed by atoms with E-state index in [0.29, 0.717) is 12.3 Å². The molecule has 0 bridgehead atoms. The highest BCUT2D eigenvalue weighted by Gasteiger charge is 2.11. The predicted octanol–water partition coefficient (Wildman–Crippen LogP) is 1.59. The molecule has 0 atom stereocenters. The molecule has 6 heteroatoms. The maximum atomic E-state index is 11.9. The van der Waals surface area contributed by atoms with Gasteiger partial charge in [0.1, 0.15) is 12.0 Å². The lowest BCUT2D eigenvalue weighted by Crippen LogP contribution is -2.24. The lowest BCUT2D eigenvalue weighted by atomic mass is 10.2. The zero-order valence-corrected chi connectivity index (χ0v) is 11.7. The second kappa shape index (κ2) is 6.60. The molecule has 1 aromatic heterocycles. The van der Waals surface area contributed by atoms with Crippen LogP contribution < -0.4 is 20.2 Å². The minimum atomic E-state index is -0.474. The van der Waals surface area contributed by atoms with Gasteiger partial charge >= 0.3 is 0 Å². The van der Waals surface area contributed by atoms with Gasteiger partial charge in [0.2, 0.25) is 11.2 Å². The van der Waals surface area contributed by atoms with Crippen LogP contribution in [0.15, 0.2) is 45.8 Å². The molecule has 0 saturated heterocycles. The lowest BCUT2D eigenvalue weighted by Gasteiger charge is -2.06. The van der Waals surface area contributed by atoms with Gasteiger partial charge in [-0.15, -0.1) is 0 Å². The average molecular weight is 289 g/mol. The summed E-state index contributed by atoms with van der Waals surface area (Å²) in [5.74, 6) is 0.221. The van der Waals surface area contributed by atoms with Gasteiger partial charge in [-0.2, -0.15) is 0 Å². The molecular formula is C15H15NO5. The van der Waals surface area contributed by atoms with Crippen molar-refractivity contribution in [2.75, 3.05) is 14.2 Å². The quantitative estimate of drug-likeness (QED) is 0.904. The van der Waals surface area contributed by atoms with Crippen molar-refractivity contribution >= 4 is 5.91 Å². The molecule has 0 radical (unpaired) electrons. The molecule has 0 spiro atoms. The van der Waals surface area contributed by atoms with Crippen LogP contribution >= 0.6 is 0 Å². The van der Waals surface area contributed by atoms with Crippen molar-refractivity contribution in [3.8, 4) is 11.5 Å². The Morgan fingerprint density at radius 2 is 2.05 bits per heavy atom. The molecule has 0 aliphatic rings. The van der Waals surface area contributed by atoms with Crippen LogP contribution in [0.5, 0.6) is 11.5 Å². The number of carbonyl (C=O) groups excluding carboxylic acids is 1. The molecule has 2 rings (SSSR count). The zero-order valence-electron chi connectivity index (χ0n) is 11.7. The standard InChI is InChI=1S/C15H15NO5/c1-19-11-5-3-4-10(6-11)8-16-15(18)13-7-12(17)14(20-2)9-21-13/h3-7,9H,8H2,1-2H3,(H,16,18). The third kappa shape index (κ3) is 3.62. The van der Waals surface area contributed by atoms with Crippen LogP contribution in [-0.4, -0.2) is 20.1 Å². The maximum Gasteiger partial charge on any atom is 0.287 e. The fourth-order valence-electron chi connectivity index (χ4n) is 1.72. The summed E-state index contributed by atoms with van der Waals surface area (Å²) in [6.07, 6.45) is 1.11. The Labute approximate surface area is 121 Å². The molecule has 110 valence electrons. The molecular weight excluding hydrogens is 274 g/mol. The Bertz CT molecular complexity index is 692. The van der Waals surface area contributed by atoms with Crippen molar-refractivity contribution < 1.29 is 18.7 Å².